The lowest BCUT2D eigenvalue weighted by molar-refractivity contribution is -0.116. The lowest BCUT2D eigenvalue weighted by Crippen LogP contribution is -2.20. The predicted molar refractivity (Wildman–Crippen MR) is 102 cm³/mol. The van der Waals surface area contributed by atoms with Crippen LogP contribution in [0.1, 0.15) is 11.1 Å². The smallest absolute Gasteiger partial charge is 0.244 e. The van der Waals surface area contributed by atoms with Gasteiger partial charge >= 0.3 is 0 Å². The highest BCUT2D eigenvalue weighted by molar-refractivity contribution is 5.91. The zero-order valence-corrected chi connectivity index (χ0v) is 14.8. The minimum absolute atomic E-state index is 0.195. The summed E-state index contributed by atoms with van der Waals surface area (Å²) in [5.74, 6) is 7.20. The van der Waals surface area contributed by atoms with E-state index < -0.39 is 0 Å². The van der Waals surface area contributed by atoms with Crippen LogP contribution >= 0.6 is 0 Å². The van der Waals surface area contributed by atoms with E-state index in [1.165, 1.54) is 6.08 Å². The number of carbonyl (C=O) groups excluding carboxylic acids is 1. The van der Waals surface area contributed by atoms with Gasteiger partial charge in [-0.2, -0.15) is 0 Å². The monoisotopic (exact) mass is 348 g/mol. The number of amides is 1. The van der Waals surface area contributed by atoms with E-state index in [0.29, 0.717) is 12.3 Å². The maximum absolute atomic E-state index is 11.9. The van der Waals surface area contributed by atoms with Gasteiger partial charge in [-0.3, -0.25) is 4.79 Å². The van der Waals surface area contributed by atoms with Gasteiger partial charge in [0.05, 0.1) is 6.54 Å². The standard InChI is InChI=1S/C21H20N2O3/c1-23(2)18-9-5-16(6-10-18)4-3-13-22-21(24)12-8-17-7-11-19-20(14-17)26-15-25-19/h5-12,14H,13,15H2,1-2H3,(H,22,24)/b12-8+. The second-order valence-electron chi connectivity index (χ2n) is 5.91. The van der Waals surface area contributed by atoms with Crippen molar-refractivity contribution in [3.05, 3.63) is 59.7 Å². The van der Waals surface area contributed by atoms with Crippen LogP contribution in [0.3, 0.4) is 0 Å². The van der Waals surface area contributed by atoms with E-state index in [-0.39, 0.29) is 12.7 Å². The number of anilines is 1. The Morgan fingerprint density at radius 3 is 2.69 bits per heavy atom. The summed E-state index contributed by atoms with van der Waals surface area (Å²) in [4.78, 5) is 13.9. The lowest BCUT2D eigenvalue weighted by Gasteiger charge is -2.11. The van der Waals surface area contributed by atoms with Crippen molar-refractivity contribution < 1.29 is 14.3 Å². The third-order valence-corrected chi connectivity index (χ3v) is 3.79. The highest BCUT2D eigenvalue weighted by Crippen LogP contribution is 2.32. The number of fused-ring (bicyclic) bond motifs is 1. The topological polar surface area (TPSA) is 50.8 Å². The molecule has 26 heavy (non-hydrogen) atoms. The Morgan fingerprint density at radius 1 is 1.15 bits per heavy atom. The van der Waals surface area contributed by atoms with E-state index in [1.807, 2.05) is 61.5 Å². The third kappa shape index (κ3) is 4.58. The van der Waals surface area contributed by atoms with E-state index >= 15 is 0 Å². The zero-order valence-electron chi connectivity index (χ0n) is 14.8. The average molecular weight is 348 g/mol. The largest absolute Gasteiger partial charge is 0.454 e. The molecule has 132 valence electrons. The number of hydrogen-bond acceptors (Lipinski definition) is 4. The Hall–Kier alpha value is -3.39. The second-order valence-corrected chi connectivity index (χ2v) is 5.91. The summed E-state index contributed by atoms with van der Waals surface area (Å²) in [5, 5.41) is 2.74. The minimum Gasteiger partial charge on any atom is -0.454 e. The molecule has 1 heterocycles. The van der Waals surface area contributed by atoms with Crippen molar-refractivity contribution in [2.24, 2.45) is 0 Å². The summed E-state index contributed by atoms with van der Waals surface area (Å²) in [6.07, 6.45) is 3.20. The molecular weight excluding hydrogens is 328 g/mol. The van der Waals surface area contributed by atoms with E-state index in [1.54, 1.807) is 6.08 Å². The van der Waals surface area contributed by atoms with Gasteiger partial charge in [0.25, 0.3) is 0 Å². The molecule has 0 spiro atoms. The lowest BCUT2D eigenvalue weighted by atomic mass is 10.2. The molecule has 0 atom stereocenters. The van der Waals surface area contributed by atoms with Crippen LogP contribution < -0.4 is 19.7 Å². The summed E-state index contributed by atoms with van der Waals surface area (Å²) in [6, 6.07) is 13.5. The van der Waals surface area contributed by atoms with Crippen molar-refractivity contribution in [1.82, 2.24) is 5.32 Å². The number of hydrogen-bond donors (Lipinski definition) is 1. The van der Waals surface area contributed by atoms with E-state index in [2.05, 4.69) is 17.2 Å². The van der Waals surface area contributed by atoms with Gasteiger partial charge in [0.2, 0.25) is 12.7 Å². The van der Waals surface area contributed by atoms with Crippen LogP contribution in [-0.4, -0.2) is 33.3 Å². The Kier molecular flexibility index (Phi) is 5.45. The number of ether oxygens (including phenoxy) is 2. The molecule has 5 heteroatoms. The third-order valence-electron chi connectivity index (χ3n) is 3.79. The first kappa shape index (κ1) is 17.4. The summed E-state index contributed by atoms with van der Waals surface area (Å²) < 4.78 is 10.6. The predicted octanol–water partition coefficient (Wildman–Crippen LogP) is 2.66. The number of rotatable bonds is 4. The first-order chi connectivity index (χ1) is 12.6. The molecule has 1 aliphatic rings. The summed E-state index contributed by atoms with van der Waals surface area (Å²) in [5.41, 5.74) is 2.91. The Bertz CT molecular complexity index is 874. The Labute approximate surface area is 153 Å². The van der Waals surface area contributed by atoms with Crippen molar-refractivity contribution in [3.63, 3.8) is 0 Å². The first-order valence-corrected chi connectivity index (χ1v) is 8.23. The van der Waals surface area contributed by atoms with Crippen LogP contribution in [0.25, 0.3) is 6.08 Å². The van der Waals surface area contributed by atoms with Gasteiger partial charge < -0.3 is 19.7 Å². The van der Waals surface area contributed by atoms with E-state index in [0.717, 1.165) is 22.6 Å². The van der Waals surface area contributed by atoms with Crippen molar-refractivity contribution in [2.45, 2.75) is 0 Å². The van der Waals surface area contributed by atoms with E-state index in [9.17, 15) is 4.79 Å². The van der Waals surface area contributed by atoms with E-state index in [4.69, 9.17) is 9.47 Å². The van der Waals surface area contributed by atoms with Crippen molar-refractivity contribution in [1.29, 1.82) is 0 Å². The zero-order chi connectivity index (χ0) is 18.4. The fourth-order valence-corrected chi connectivity index (χ4v) is 2.37. The van der Waals surface area contributed by atoms with Crippen LogP contribution in [0.2, 0.25) is 0 Å². The molecule has 0 radical (unpaired) electrons. The van der Waals surface area contributed by atoms with Gasteiger partial charge in [-0.1, -0.05) is 17.9 Å². The van der Waals surface area contributed by atoms with Crippen LogP contribution in [0.5, 0.6) is 11.5 Å². The minimum atomic E-state index is -0.195. The molecule has 0 aliphatic carbocycles. The maximum Gasteiger partial charge on any atom is 0.244 e. The number of carbonyl (C=O) groups is 1. The highest BCUT2D eigenvalue weighted by atomic mass is 16.7. The molecule has 0 unspecified atom stereocenters. The number of nitrogens with zero attached hydrogens (tertiary/aromatic N) is 1. The molecule has 1 aliphatic heterocycles. The number of benzene rings is 2. The SMILES string of the molecule is CN(C)c1ccc(C#CCNC(=O)/C=C/c2ccc3c(c2)OCO3)cc1. The molecular formula is C21H20N2O3. The van der Waals surface area contributed by atoms with Gasteiger partial charge in [-0.05, 0) is 48.0 Å². The molecule has 0 saturated carbocycles. The molecule has 3 rings (SSSR count). The highest BCUT2D eigenvalue weighted by Gasteiger charge is 2.12. The van der Waals surface area contributed by atoms with Crippen molar-refractivity contribution in [2.75, 3.05) is 32.3 Å². The normalized spacial score (nSPS) is 11.8. The molecule has 5 nitrogen and oxygen atoms in total. The van der Waals surface area contributed by atoms with Gasteiger partial charge in [0.1, 0.15) is 0 Å². The molecule has 1 N–H and O–H groups in total. The van der Waals surface area contributed by atoms with Crippen LogP contribution in [0.4, 0.5) is 5.69 Å². The maximum atomic E-state index is 11.9. The molecule has 1 amide bonds. The van der Waals surface area contributed by atoms with Gasteiger partial charge in [0, 0.05) is 31.4 Å². The summed E-state index contributed by atoms with van der Waals surface area (Å²) >= 11 is 0. The fraction of sp³-hybridized carbons (Fsp3) is 0.190. The van der Waals surface area contributed by atoms with Crippen LogP contribution in [0, 0.1) is 11.8 Å². The molecule has 2 aromatic carbocycles. The Morgan fingerprint density at radius 2 is 1.92 bits per heavy atom. The van der Waals surface area contributed by atoms with Crippen LogP contribution in [-0.2, 0) is 4.79 Å². The van der Waals surface area contributed by atoms with Crippen molar-refractivity contribution >= 4 is 17.7 Å². The molecule has 0 aromatic heterocycles. The number of nitrogens with one attached hydrogen (secondary N) is 1. The molecule has 2 aromatic rings. The molecule has 0 bridgehead atoms. The molecule has 0 fully saturated rings. The summed E-state index contributed by atoms with van der Waals surface area (Å²) in [7, 11) is 3.99. The summed E-state index contributed by atoms with van der Waals surface area (Å²) in [6.45, 7) is 0.527. The van der Waals surface area contributed by atoms with Gasteiger partial charge in [-0.25, -0.2) is 0 Å². The van der Waals surface area contributed by atoms with Crippen LogP contribution in [0.15, 0.2) is 48.5 Å². The Balaban J connectivity index is 1.48. The second kappa shape index (κ2) is 8.13. The fourth-order valence-electron chi connectivity index (χ4n) is 2.37. The average Bonchev–Trinajstić information content (AvgIpc) is 3.11. The van der Waals surface area contributed by atoms with Gasteiger partial charge in [0.15, 0.2) is 11.5 Å². The first-order valence-electron chi connectivity index (χ1n) is 8.23. The molecule has 0 saturated heterocycles. The quantitative estimate of drug-likeness (QED) is 0.682. The van der Waals surface area contributed by atoms with Gasteiger partial charge in [-0.15, -0.1) is 0 Å². The van der Waals surface area contributed by atoms with Crippen molar-refractivity contribution in [3.8, 4) is 23.3 Å².